The zero-order chi connectivity index (χ0) is 10.6. The van der Waals surface area contributed by atoms with E-state index in [2.05, 4.69) is 0 Å². The highest BCUT2D eigenvalue weighted by molar-refractivity contribution is 5.20. The van der Waals surface area contributed by atoms with Gasteiger partial charge in [-0.25, -0.2) is 8.78 Å². The molecule has 1 unspecified atom stereocenters. The molecule has 0 fully saturated rings. The largest absolute Gasteiger partial charge is 0.380 e. The Morgan fingerprint density at radius 1 is 1.36 bits per heavy atom. The molecule has 0 aliphatic rings. The summed E-state index contributed by atoms with van der Waals surface area (Å²) in [6.45, 7) is 2.71. The topological polar surface area (TPSA) is 35.2 Å². The lowest BCUT2D eigenvalue weighted by atomic mass is 10.1. The minimum atomic E-state index is -0.880. The Morgan fingerprint density at radius 2 is 2.07 bits per heavy atom. The number of halogens is 2. The molecule has 1 aromatic carbocycles. The molecule has 0 radical (unpaired) electrons. The van der Waals surface area contributed by atoms with Crippen molar-refractivity contribution in [3.63, 3.8) is 0 Å². The van der Waals surface area contributed by atoms with Gasteiger partial charge in [-0.2, -0.15) is 0 Å². The summed E-state index contributed by atoms with van der Waals surface area (Å²) in [5.41, 5.74) is 6.23. The zero-order valence-electron chi connectivity index (χ0n) is 7.97. The Balaban J connectivity index is 2.70. The molecule has 0 aromatic heterocycles. The molecule has 1 aromatic rings. The lowest BCUT2D eigenvalue weighted by Crippen LogP contribution is -2.17. The van der Waals surface area contributed by atoms with Crippen LogP contribution in [0.25, 0.3) is 0 Å². The van der Waals surface area contributed by atoms with Gasteiger partial charge in [0, 0.05) is 6.61 Å². The van der Waals surface area contributed by atoms with Crippen molar-refractivity contribution in [2.24, 2.45) is 5.73 Å². The fourth-order valence-electron chi connectivity index (χ4n) is 1.08. The van der Waals surface area contributed by atoms with Crippen LogP contribution in [-0.2, 0) is 4.74 Å². The Bertz CT molecular complexity index is 304. The van der Waals surface area contributed by atoms with Gasteiger partial charge < -0.3 is 10.5 Å². The van der Waals surface area contributed by atoms with E-state index >= 15 is 0 Å². The fraction of sp³-hybridized carbons (Fsp3) is 0.400. The molecule has 2 nitrogen and oxygen atoms in total. The third kappa shape index (κ3) is 2.75. The maximum absolute atomic E-state index is 12.8. The quantitative estimate of drug-likeness (QED) is 0.808. The number of benzene rings is 1. The van der Waals surface area contributed by atoms with E-state index < -0.39 is 17.7 Å². The van der Waals surface area contributed by atoms with Crippen molar-refractivity contribution in [1.29, 1.82) is 0 Å². The molecule has 14 heavy (non-hydrogen) atoms. The van der Waals surface area contributed by atoms with Gasteiger partial charge in [0.15, 0.2) is 11.6 Å². The molecule has 0 aliphatic heterocycles. The first-order valence-corrected chi connectivity index (χ1v) is 4.43. The van der Waals surface area contributed by atoms with Crippen LogP contribution in [0.3, 0.4) is 0 Å². The molecule has 0 heterocycles. The van der Waals surface area contributed by atoms with E-state index in [-0.39, 0.29) is 0 Å². The van der Waals surface area contributed by atoms with E-state index in [0.717, 1.165) is 12.1 Å². The third-order valence-electron chi connectivity index (χ3n) is 1.87. The normalized spacial score (nSPS) is 12.9. The highest BCUT2D eigenvalue weighted by atomic mass is 19.2. The second-order valence-electron chi connectivity index (χ2n) is 2.94. The first-order valence-electron chi connectivity index (χ1n) is 4.43. The molecular formula is C10H13F2NO. The molecule has 0 bridgehead atoms. The Labute approximate surface area is 81.7 Å². The van der Waals surface area contributed by atoms with Crippen molar-refractivity contribution < 1.29 is 13.5 Å². The highest BCUT2D eigenvalue weighted by Gasteiger charge is 2.09. The van der Waals surface area contributed by atoms with Crippen LogP contribution in [0.4, 0.5) is 8.78 Å². The standard InChI is InChI=1S/C10H13F2NO/c1-2-14-6-10(13)7-3-4-8(11)9(12)5-7/h3-5,10H,2,6,13H2,1H3. The summed E-state index contributed by atoms with van der Waals surface area (Å²) in [5, 5.41) is 0. The van der Waals surface area contributed by atoms with Gasteiger partial charge in [-0.15, -0.1) is 0 Å². The zero-order valence-corrected chi connectivity index (χ0v) is 7.97. The number of rotatable bonds is 4. The molecule has 0 amide bonds. The second-order valence-corrected chi connectivity index (χ2v) is 2.94. The van der Waals surface area contributed by atoms with Gasteiger partial charge in [-0.3, -0.25) is 0 Å². The minimum absolute atomic E-state index is 0.307. The van der Waals surface area contributed by atoms with E-state index in [4.69, 9.17) is 10.5 Å². The smallest absolute Gasteiger partial charge is 0.159 e. The summed E-state index contributed by atoms with van der Waals surface area (Å²) >= 11 is 0. The predicted octanol–water partition coefficient (Wildman–Crippen LogP) is 2.00. The summed E-state index contributed by atoms with van der Waals surface area (Å²) in [7, 11) is 0. The van der Waals surface area contributed by atoms with E-state index in [1.54, 1.807) is 0 Å². The number of nitrogens with two attached hydrogens (primary N) is 1. The van der Waals surface area contributed by atoms with Crippen LogP contribution >= 0.6 is 0 Å². The first-order chi connectivity index (χ1) is 6.65. The van der Waals surface area contributed by atoms with Gasteiger partial charge in [0.2, 0.25) is 0 Å². The van der Waals surface area contributed by atoms with E-state index in [1.165, 1.54) is 6.07 Å². The van der Waals surface area contributed by atoms with Crippen molar-refractivity contribution in [3.8, 4) is 0 Å². The predicted molar refractivity (Wildman–Crippen MR) is 49.8 cm³/mol. The van der Waals surface area contributed by atoms with Gasteiger partial charge in [0.25, 0.3) is 0 Å². The van der Waals surface area contributed by atoms with Crippen molar-refractivity contribution >= 4 is 0 Å². The van der Waals surface area contributed by atoms with Gasteiger partial charge in [-0.05, 0) is 24.6 Å². The minimum Gasteiger partial charge on any atom is -0.380 e. The maximum atomic E-state index is 12.8. The van der Waals surface area contributed by atoms with Gasteiger partial charge in [0.05, 0.1) is 12.6 Å². The Morgan fingerprint density at radius 3 is 2.64 bits per heavy atom. The first kappa shape index (κ1) is 11.1. The molecule has 1 atom stereocenters. The second kappa shape index (κ2) is 5.02. The lowest BCUT2D eigenvalue weighted by molar-refractivity contribution is 0.133. The van der Waals surface area contributed by atoms with Crippen LogP contribution in [-0.4, -0.2) is 13.2 Å². The highest BCUT2D eigenvalue weighted by Crippen LogP contribution is 2.14. The number of hydrogen-bond acceptors (Lipinski definition) is 2. The summed E-state index contributed by atoms with van der Waals surface area (Å²) in [6.07, 6.45) is 0. The Kier molecular flexibility index (Phi) is 3.98. The average Bonchev–Trinajstić information content (AvgIpc) is 2.18. The monoisotopic (exact) mass is 201 g/mol. The van der Waals surface area contributed by atoms with E-state index in [1.807, 2.05) is 6.92 Å². The van der Waals surface area contributed by atoms with Crippen molar-refractivity contribution in [3.05, 3.63) is 35.4 Å². The van der Waals surface area contributed by atoms with E-state index in [9.17, 15) is 8.78 Å². The summed E-state index contributed by atoms with van der Waals surface area (Å²) < 4.78 is 30.4. The van der Waals surface area contributed by atoms with Crippen LogP contribution in [0.5, 0.6) is 0 Å². The molecule has 2 N–H and O–H groups in total. The maximum Gasteiger partial charge on any atom is 0.159 e. The van der Waals surface area contributed by atoms with Gasteiger partial charge in [0.1, 0.15) is 0 Å². The molecule has 0 saturated heterocycles. The average molecular weight is 201 g/mol. The molecule has 4 heteroatoms. The molecule has 78 valence electrons. The van der Waals surface area contributed by atoms with Crippen LogP contribution in [0.1, 0.15) is 18.5 Å². The van der Waals surface area contributed by atoms with Crippen molar-refractivity contribution in [2.75, 3.05) is 13.2 Å². The number of ether oxygens (including phenoxy) is 1. The summed E-state index contributed by atoms with van der Waals surface area (Å²) in [6, 6.07) is 3.21. The summed E-state index contributed by atoms with van der Waals surface area (Å²) in [5.74, 6) is -1.74. The lowest BCUT2D eigenvalue weighted by Gasteiger charge is -2.11. The molecule has 0 saturated carbocycles. The van der Waals surface area contributed by atoms with Crippen LogP contribution in [0, 0.1) is 11.6 Å². The molecule has 0 aliphatic carbocycles. The third-order valence-corrected chi connectivity index (χ3v) is 1.87. The number of hydrogen-bond donors (Lipinski definition) is 1. The Hall–Kier alpha value is -1.00. The SMILES string of the molecule is CCOCC(N)c1ccc(F)c(F)c1. The van der Waals surface area contributed by atoms with Gasteiger partial charge in [-0.1, -0.05) is 6.07 Å². The summed E-state index contributed by atoms with van der Waals surface area (Å²) in [4.78, 5) is 0. The van der Waals surface area contributed by atoms with Crippen LogP contribution < -0.4 is 5.73 Å². The van der Waals surface area contributed by atoms with Crippen LogP contribution in [0.2, 0.25) is 0 Å². The van der Waals surface area contributed by atoms with Gasteiger partial charge >= 0.3 is 0 Å². The molecular weight excluding hydrogens is 188 g/mol. The molecule has 0 spiro atoms. The van der Waals surface area contributed by atoms with Crippen molar-refractivity contribution in [1.82, 2.24) is 0 Å². The van der Waals surface area contributed by atoms with E-state index in [0.29, 0.717) is 18.8 Å². The van der Waals surface area contributed by atoms with Crippen molar-refractivity contribution in [2.45, 2.75) is 13.0 Å². The molecule has 1 rings (SSSR count). The van der Waals surface area contributed by atoms with Crippen LogP contribution in [0.15, 0.2) is 18.2 Å². The fourth-order valence-corrected chi connectivity index (χ4v) is 1.08.